The van der Waals surface area contributed by atoms with Crippen molar-refractivity contribution in [2.45, 2.75) is 32.4 Å². The van der Waals surface area contributed by atoms with E-state index in [0.717, 1.165) is 12.0 Å². The largest absolute Gasteiger partial charge is 0.488 e. The third-order valence-electron chi connectivity index (χ3n) is 2.61. The molecule has 0 aliphatic heterocycles. The van der Waals surface area contributed by atoms with Crippen molar-refractivity contribution in [2.75, 3.05) is 13.2 Å². The van der Waals surface area contributed by atoms with E-state index in [2.05, 4.69) is 5.32 Å². The lowest BCUT2D eigenvalue weighted by atomic mass is 10.2. The fraction of sp³-hybridized carbons (Fsp3) is 0.538. The Morgan fingerprint density at radius 1 is 1.28 bits per heavy atom. The Balaban J connectivity index is 2.40. The highest BCUT2D eigenvalue weighted by Crippen LogP contribution is 2.13. The zero-order valence-corrected chi connectivity index (χ0v) is 10.4. The molecular formula is C13H19F2NO2. The molecule has 0 radical (unpaired) electrons. The second kappa shape index (κ2) is 8.00. The molecule has 0 aromatic heterocycles. The van der Waals surface area contributed by atoms with Crippen LogP contribution in [0.3, 0.4) is 0 Å². The molecule has 0 spiro atoms. The van der Waals surface area contributed by atoms with E-state index in [1.54, 1.807) is 12.1 Å². The van der Waals surface area contributed by atoms with E-state index in [0.29, 0.717) is 12.3 Å². The lowest BCUT2D eigenvalue weighted by Crippen LogP contribution is -2.31. The van der Waals surface area contributed by atoms with E-state index < -0.39 is 13.0 Å². The quantitative estimate of drug-likeness (QED) is 0.752. The van der Waals surface area contributed by atoms with E-state index in [1.165, 1.54) is 0 Å². The number of halogens is 2. The second-order valence-electron chi connectivity index (χ2n) is 4.01. The molecule has 0 bridgehead atoms. The van der Waals surface area contributed by atoms with E-state index in [-0.39, 0.29) is 12.6 Å². The molecule has 0 fully saturated rings. The van der Waals surface area contributed by atoms with Crippen molar-refractivity contribution in [2.24, 2.45) is 0 Å². The van der Waals surface area contributed by atoms with Crippen LogP contribution in [-0.4, -0.2) is 30.8 Å². The van der Waals surface area contributed by atoms with Crippen LogP contribution < -0.4 is 10.1 Å². The average molecular weight is 259 g/mol. The molecule has 102 valence electrons. The van der Waals surface area contributed by atoms with Crippen LogP contribution in [0, 0.1) is 0 Å². The van der Waals surface area contributed by atoms with Crippen LogP contribution in [0.25, 0.3) is 0 Å². The second-order valence-corrected chi connectivity index (χ2v) is 4.01. The molecule has 0 saturated heterocycles. The number of hydrogen-bond donors (Lipinski definition) is 2. The summed E-state index contributed by atoms with van der Waals surface area (Å²) in [6.45, 7) is 2.15. The molecule has 0 heterocycles. The predicted octanol–water partition coefficient (Wildman–Crippen LogP) is 2.19. The Bertz CT molecular complexity index is 326. The summed E-state index contributed by atoms with van der Waals surface area (Å²) in [6, 6.07) is 7.05. The third-order valence-corrected chi connectivity index (χ3v) is 2.61. The molecule has 1 rings (SSSR count). The van der Waals surface area contributed by atoms with Gasteiger partial charge < -0.3 is 15.2 Å². The summed E-state index contributed by atoms with van der Waals surface area (Å²) in [5.74, 6) is 0.438. The maximum atomic E-state index is 11.9. The molecule has 1 atom stereocenters. The first-order valence-corrected chi connectivity index (χ1v) is 5.99. The molecule has 0 saturated carbocycles. The van der Waals surface area contributed by atoms with E-state index in [9.17, 15) is 8.78 Å². The summed E-state index contributed by atoms with van der Waals surface area (Å²) >= 11 is 0. The fourth-order valence-corrected chi connectivity index (χ4v) is 1.46. The topological polar surface area (TPSA) is 41.5 Å². The van der Waals surface area contributed by atoms with Crippen molar-refractivity contribution in [3.8, 4) is 5.75 Å². The molecule has 2 N–H and O–H groups in total. The first-order chi connectivity index (χ1) is 8.65. The first-order valence-electron chi connectivity index (χ1n) is 5.99. The van der Waals surface area contributed by atoms with Gasteiger partial charge in [-0.25, -0.2) is 8.78 Å². The van der Waals surface area contributed by atoms with Gasteiger partial charge in [-0.15, -0.1) is 0 Å². The number of ether oxygens (including phenoxy) is 1. The minimum atomic E-state index is -2.46. The van der Waals surface area contributed by atoms with Crippen molar-refractivity contribution in [1.29, 1.82) is 0 Å². The maximum absolute atomic E-state index is 11.9. The number of nitrogens with one attached hydrogen (secondary N) is 1. The monoisotopic (exact) mass is 259 g/mol. The van der Waals surface area contributed by atoms with Crippen molar-refractivity contribution in [1.82, 2.24) is 5.32 Å². The Labute approximate surface area is 106 Å². The summed E-state index contributed by atoms with van der Waals surface area (Å²) < 4.78 is 28.7. The third kappa shape index (κ3) is 5.42. The number of alkyl halides is 2. The molecule has 0 aliphatic carbocycles. The van der Waals surface area contributed by atoms with Crippen LogP contribution in [0.15, 0.2) is 24.3 Å². The molecule has 0 aliphatic rings. The highest BCUT2D eigenvalue weighted by atomic mass is 19.3. The molecule has 18 heavy (non-hydrogen) atoms. The first kappa shape index (κ1) is 14.9. The highest BCUT2D eigenvalue weighted by Gasteiger charge is 2.05. The van der Waals surface area contributed by atoms with Crippen molar-refractivity contribution < 1.29 is 18.6 Å². The fourth-order valence-electron chi connectivity index (χ4n) is 1.46. The number of hydrogen-bond acceptors (Lipinski definition) is 3. The molecule has 3 nitrogen and oxygen atoms in total. The predicted molar refractivity (Wildman–Crippen MR) is 65.9 cm³/mol. The van der Waals surface area contributed by atoms with E-state index >= 15 is 0 Å². The minimum Gasteiger partial charge on any atom is -0.488 e. The van der Waals surface area contributed by atoms with Gasteiger partial charge in [-0.2, -0.15) is 0 Å². The van der Waals surface area contributed by atoms with Crippen LogP contribution in [0.4, 0.5) is 8.78 Å². The number of rotatable bonds is 8. The van der Waals surface area contributed by atoms with Gasteiger partial charge in [0.1, 0.15) is 12.4 Å². The summed E-state index contributed by atoms with van der Waals surface area (Å²) in [5, 5.41) is 12.2. The lowest BCUT2D eigenvalue weighted by Gasteiger charge is -2.14. The van der Waals surface area contributed by atoms with Gasteiger partial charge in [0, 0.05) is 12.6 Å². The Morgan fingerprint density at radius 2 is 1.94 bits per heavy atom. The zero-order valence-electron chi connectivity index (χ0n) is 10.4. The van der Waals surface area contributed by atoms with Gasteiger partial charge in [-0.05, 0) is 24.1 Å². The van der Waals surface area contributed by atoms with Gasteiger partial charge in [-0.1, -0.05) is 19.1 Å². The van der Waals surface area contributed by atoms with Crippen molar-refractivity contribution >= 4 is 0 Å². The Kier molecular flexibility index (Phi) is 6.60. The lowest BCUT2D eigenvalue weighted by molar-refractivity contribution is 0.0819. The van der Waals surface area contributed by atoms with Gasteiger partial charge in [0.2, 0.25) is 0 Å². The Hall–Kier alpha value is -1.20. The standard InChI is InChI=1S/C13H19F2NO2/c1-2-11(8-17)16-7-10-3-5-12(6-4-10)18-9-13(14)15/h3-6,11,13,16-17H,2,7-9H2,1H3. The minimum absolute atomic E-state index is 0.0831. The van der Waals surface area contributed by atoms with Gasteiger partial charge in [0.25, 0.3) is 6.43 Å². The van der Waals surface area contributed by atoms with E-state index in [1.807, 2.05) is 19.1 Å². The smallest absolute Gasteiger partial charge is 0.272 e. The van der Waals surface area contributed by atoms with Crippen molar-refractivity contribution in [3.05, 3.63) is 29.8 Å². The van der Waals surface area contributed by atoms with Crippen LogP contribution in [0.5, 0.6) is 5.75 Å². The van der Waals surface area contributed by atoms with Crippen LogP contribution in [0.2, 0.25) is 0 Å². The average Bonchev–Trinajstić information content (AvgIpc) is 2.39. The molecule has 1 aromatic rings. The molecule has 1 unspecified atom stereocenters. The number of benzene rings is 1. The maximum Gasteiger partial charge on any atom is 0.272 e. The Morgan fingerprint density at radius 3 is 2.44 bits per heavy atom. The summed E-state index contributed by atoms with van der Waals surface area (Å²) in [7, 11) is 0. The van der Waals surface area contributed by atoms with E-state index in [4.69, 9.17) is 9.84 Å². The SMILES string of the molecule is CCC(CO)NCc1ccc(OCC(F)F)cc1. The highest BCUT2D eigenvalue weighted by molar-refractivity contribution is 5.27. The van der Waals surface area contributed by atoms with Gasteiger partial charge in [0.15, 0.2) is 0 Å². The van der Waals surface area contributed by atoms with Gasteiger partial charge in [0.05, 0.1) is 6.61 Å². The number of aliphatic hydroxyl groups is 1. The zero-order chi connectivity index (χ0) is 13.4. The van der Waals surface area contributed by atoms with Gasteiger partial charge >= 0.3 is 0 Å². The summed E-state index contributed by atoms with van der Waals surface area (Å²) in [4.78, 5) is 0. The normalized spacial score (nSPS) is 12.7. The van der Waals surface area contributed by atoms with Crippen molar-refractivity contribution in [3.63, 3.8) is 0 Å². The van der Waals surface area contributed by atoms with Crippen LogP contribution >= 0.6 is 0 Å². The van der Waals surface area contributed by atoms with Crippen LogP contribution in [-0.2, 0) is 6.54 Å². The number of aliphatic hydroxyl groups excluding tert-OH is 1. The molecule has 5 heteroatoms. The molecule has 0 amide bonds. The summed E-state index contributed by atoms with van der Waals surface area (Å²) in [5.41, 5.74) is 1.02. The molecular weight excluding hydrogens is 240 g/mol. The van der Waals surface area contributed by atoms with Gasteiger partial charge in [-0.3, -0.25) is 0 Å². The van der Waals surface area contributed by atoms with Crippen LogP contribution in [0.1, 0.15) is 18.9 Å². The summed E-state index contributed by atoms with van der Waals surface area (Å²) in [6.07, 6.45) is -1.60. The molecule has 1 aromatic carbocycles.